The van der Waals surface area contributed by atoms with E-state index in [0.29, 0.717) is 54.3 Å². The van der Waals surface area contributed by atoms with Crippen LogP contribution in [0.25, 0.3) is 17.2 Å². The molecule has 3 aromatic heterocycles. The van der Waals surface area contributed by atoms with Gasteiger partial charge in [-0.3, -0.25) is 14.4 Å². The van der Waals surface area contributed by atoms with E-state index in [9.17, 15) is 27.6 Å². The third-order valence-electron chi connectivity index (χ3n) is 12.2. The SMILES string of the molecule is CCc1c(N2CCN(C(=O)c3ncnc(C)c3OCc3ccccc3)[C@H]3CC[C@@H]32)c(=O)n2nc(-c3ccc4c(c3)COC4(C)C)nc2n1CC(=O)Nc1ccc(C(F)(F)F)cc1Cl. The Morgan fingerprint density at radius 3 is 2.51 bits per heavy atom. The second-order valence-electron chi connectivity index (χ2n) is 16.4. The fourth-order valence-corrected chi connectivity index (χ4v) is 9.07. The van der Waals surface area contributed by atoms with E-state index >= 15 is 0 Å². The van der Waals surface area contributed by atoms with Crippen LogP contribution in [0.3, 0.4) is 0 Å². The van der Waals surface area contributed by atoms with E-state index in [1.807, 2.05) is 74.2 Å². The minimum Gasteiger partial charge on any atom is -0.485 e. The highest BCUT2D eigenvalue weighted by Gasteiger charge is 2.47. The van der Waals surface area contributed by atoms with Crippen LogP contribution < -0.4 is 20.5 Å². The number of alkyl halides is 3. The molecule has 1 saturated heterocycles. The van der Waals surface area contributed by atoms with Crippen molar-refractivity contribution in [1.29, 1.82) is 0 Å². The summed E-state index contributed by atoms with van der Waals surface area (Å²) in [6.07, 6.45) is -1.62. The van der Waals surface area contributed by atoms with Crippen molar-refractivity contribution >= 4 is 40.6 Å². The van der Waals surface area contributed by atoms with Gasteiger partial charge < -0.3 is 29.2 Å². The molecule has 3 aliphatic rings. The lowest BCUT2D eigenvalue weighted by Gasteiger charge is -2.54. The summed E-state index contributed by atoms with van der Waals surface area (Å²) in [5, 5.41) is 7.08. The molecule has 14 nitrogen and oxygen atoms in total. The van der Waals surface area contributed by atoms with Crippen molar-refractivity contribution in [2.75, 3.05) is 23.3 Å². The van der Waals surface area contributed by atoms with E-state index in [1.165, 1.54) is 10.8 Å². The number of hydrogen-bond donors (Lipinski definition) is 1. The van der Waals surface area contributed by atoms with Gasteiger partial charge in [0, 0.05) is 24.7 Å². The molecule has 0 unspecified atom stereocenters. The highest BCUT2D eigenvalue weighted by molar-refractivity contribution is 6.33. The number of carbonyl (C=O) groups excluding carboxylic acids is 2. The van der Waals surface area contributed by atoms with Crippen LogP contribution in [0.4, 0.5) is 24.5 Å². The van der Waals surface area contributed by atoms with E-state index in [0.717, 1.165) is 34.9 Å². The normalized spacial score (nSPS) is 17.9. The molecule has 1 aliphatic carbocycles. The summed E-state index contributed by atoms with van der Waals surface area (Å²) in [7, 11) is 0. The number of fused-ring (bicyclic) bond motifs is 3. The van der Waals surface area contributed by atoms with Gasteiger partial charge in [0.1, 0.15) is 25.2 Å². The minimum absolute atomic E-state index is 0.0129. The number of nitrogens with zero attached hydrogens (tertiary/aromatic N) is 8. The Bertz CT molecular complexity index is 2850. The maximum Gasteiger partial charge on any atom is 0.416 e. The maximum absolute atomic E-state index is 14.9. The third-order valence-corrected chi connectivity index (χ3v) is 12.5. The zero-order chi connectivity index (χ0) is 44.4. The first-order valence-corrected chi connectivity index (χ1v) is 21.0. The second-order valence-corrected chi connectivity index (χ2v) is 16.8. The van der Waals surface area contributed by atoms with Gasteiger partial charge in [0.05, 0.1) is 45.9 Å². The van der Waals surface area contributed by atoms with Crippen LogP contribution in [-0.2, 0) is 47.5 Å². The van der Waals surface area contributed by atoms with Gasteiger partial charge in [0.25, 0.3) is 11.5 Å². The van der Waals surface area contributed by atoms with Crippen LogP contribution in [0.15, 0.2) is 77.9 Å². The fraction of sp³-hybridized carbons (Fsp3) is 0.356. The monoisotopic (exact) mass is 881 g/mol. The van der Waals surface area contributed by atoms with Gasteiger partial charge in [-0.2, -0.15) is 22.7 Å². The number of carbonyl (C=O) groups is 2. The Morgan fingerprint density at radius 2 is 1.79 bits per heavy atom. The Kier molecular flexibility index (Phi) is 10.7. The maximum atomic E-state index is 14.9. The average molecular weight is 882 g/mol. The Balaban J connectivity index is 1.07. The number of nitrogens with one attached hydrogen (secondary N) is 1. The highest BCUT2D eigenvalue weighted by Crippen LogP contribution is 2.40. The van der Waals surface area contributed by atoms with Gasteiger partial charge in [-0.05, 0) is 81.0 Å². The summed E-state index contributed by atoms with van der Waals surface area (Å²) < 4.78 is 55.2. The van der Waals surface area contributed by atoms with E-state index in [4.69, 9.17) is 31.2 Å². The number of piperazine rings is 1. The molecule has 0 bridgehead atoms. The van der Waals surface area contributed by atoms with E-state index in [1.54, 1.807) is 16.4 Å². The molecule has 9 rings (SSSR count). The average Bonchev–Trinajstić information content (AvgIpc) is 3.83. The van der Waals surface area contributed by atoms with Gasteiger partial charge in [0.15, 0.2) is 17.3 Å². The molecule has 0 spiro atoms. The van der Waals surface area contributed by atoms with Crippen LogP contribution in [0, 0.1) is 6.92 Å². The van der Waals surface area contributed by atoms with Gasteiger partial charge in [-0.15, -0.1) is 5.10 Å². The van der Waals surface area contributed by atoms with Crippen molar-refractivity contribution in [2.24, 2.45) is 0 Å². The zero-order valence-electron chi connectivity index (χ0n) is 34.9. The smallest absolute Gasteiger partial charge is 0.416 e. The molecule has 2 aliphatic heterocycles. The Labute approximate surface area is 364 Å². The molecule has 1 N–H and O–H groups in total. The summed E-state index contributed by atoms with van der Waals surface area (Å²) in [6.45, 7) is 8.38. The number of aryl methyl sites for hydroxylation is 1. The molecule has 0 radical (unpaired) electrons. The number of halogens is 4. The molecule has 1 saturated carbocycles. The molecular formula is C45H43ClF3N9O5. The molecule has 2 atom stereocenters. The zero-order valence-corrected chi connectivity index (χ0v) is 35.6. The predicted molar refractivity (Wildman–Crippen MR) is 228 cm³/mol. The Hall–Kier alpha value is -6.33. The standard InChI is InChI=1S/C45H43ClF3N9O5/c1-5-33-38(55-17-18-56(35-16-15-34(35)55)41(60)37-39(25(2)50-24-51-37)62-22-26-9-7-6-8-10-26)42(61)58-43(53-40(54-58)27-11-13-30-28(19-27)23-63-44(30,3)4)57(33)21-36(59)52-32-14-12-29(20-31(32)46)45(47,48)49/h6-14,19-20,24,34-35H,5,15-18,21-23H2,1-4H3,(H,52,59)/t34-,35-/m0/s1. The highest BCUT2D eigenvalue weighted by atomic mass is 35.5. The number of amides is 2. The van der Waals surface area contributed by atoms with Crippen LogP contribution in [0.2, 0.25) is 5.02 Å². The van der Waals surface area contributed by atoms with Gasteiger partial charge in [0.2, 0.25) is 11.7 Å². The number of hydrogen-bond acceptors (Lipinski definition) is 10. The molecular weight excluding hydrogens is 839 g/mol. The number of anilines is 2. The summed E-state index contributed by atoms with van der Waals surface area (Å²) in [4.78, 5) is 60.4. The van der Waals surface area contributed by atoms with Crippen molar-refractivity contribution in [3.63, 3.8) is 0 Å². The topological polar surface area (TPSA) is 149 Å². The van der Waals surface area contributed by atoms with Crippen molar-refractivity contribution in [1.82, 2.24) is 34.0 Å². The summed E-state index contributed by atoms with van der Waals surface area (Å²) in [6, 6.07) is 17.5. The summed E-state index contributed by atoms with van der Waals surface area (Å²) in [5.41, 5.74) is 3.18. The number of rotatable bonds is 10. The third kappa shape index (κ3) is 7.66. The second kappa shape index (κ2) is 16.1. The lowest BCUT2D eigenvalue weighted by Crippen LogP contribution is -2.67. The van der Waals surface area contributed by atoms with Crippen LogP contribution in [0.5, 0.6) is 5.75 Å². The molecule has 63 heavy (non-hydrogen) atoms. The van der Waals surface area contributed by atoms with Gasteiger partial charge in [-0.25, -0.2) is 9.97 Å². The Morgan fingerprint density at radius 1 is 1.02 bits per heavy atom. The first-order valence-electron chi connectivity index (χ1n) is 20.7. The van der Waals surface area contributed by atoms with E-state index < -0.39 is 28.8 Å². The lowest BCUT2D eigenvalue weighted by atomic mass is 9.81. The molecule has 18 heteroatoms. The van der Waals surface area contributed by atoms with Gasteiger partial charge >= 0.3 is 6.18 Å². The number of benzene rings is 3. The summed E-state index contributed by atoms with van der Waals surface area (Å²) >= 11 is 6.23. The van der Waals surface area contributed by atoms with Crippen LogP contribution in [0.1, 0.15) is 77.7 Å². The minimum atomic E-state index is -4.62. The molecule has 3 aromatic carbocycles. The predicted octanol–water partition coefficient (Wildman–Crippen LogP) is 7.37. The quantitative estimate of drug-likeness (QED) is 0.148. The van der Waals surface area contributed by atoms with Crippen molar-refractivity contribution < 1.29 is 32.2 Å². The fourth-order valence-electron chi connectivity index (χ4n) is 8.85. The largest absolute Gasteiger partial charge is 0.485 e. The first-order chi connectivity index (χ1) is 30.1. The van der Waals surface area contributed by atoms with Crippen molar-refractivity contribution in [2.45, 2.75) is 90.6 Å². The molecule has 326 valence electrons. The molecule has 5 heterocycles. The first kappa shape index (κ1) is 42.0. The van der Waals surface area contributed by atoms with Crippen LogP contribution >= 0.6 is 11.6 Å². The van der Waals surface area contributed by atoms with Crippen LogP contribution in [-0.4, -0.2) is 71.0 Å². The van der Waals surface area contributed by atoms with Gasteiger partial charge in [-0.1, -0.05) is 61.0 Å². The number of aromatic nitrogens is 6. The van der Waals surface area contributed by atoms with Crippen molar-refractivity contribution in [3.05, 3.63) is 128 Å². The lowest BCUT2D eigenvalue weighted by molar-refractivity contribution is -0.137. The van der Waals surface area contributed by atoms with Crippen molar-refractivity contribution in [3.8, 4) is 17.1 Å². The molecule has 2 fully saturated rings. The molecule has 6 aromatic rings. The molecule has 2 amide bonds. The van der Waals surface area contributed by atoms with E-state index in [-0.39, 0.29) is 72.2 Å². The number of ether oxygens (including phenoxy) is 2. The summed E-state index contributed by atoms with van der Waals surface area (Å²) in [5.74, 6) is -0.261. The van der Waals surface area contributed by atoms with E-state index in [2.05, 4.69) is 15.3 Å².